The molecule has 1 aromatic carbocycles. The predicted octanol–water partition coefficient (Wildman–Crippen LogP) is 3.49. The molecule has 0 fully saturated rings. The minimum Gasteiger partial charge on any atom is -0.341 e. The van der Waals surface area contributed by atoms with Crippen LogP contribution in [0.5, 0.6) is 0 Å². The molecule has 0 spiro atoms. The number of hydrogen-bond acceptors (Lipinski definition) is 2. The van der Waals surface area contributed by atoms with Crippen LogP contribution in [-0.2, 0) is 11.3 Å². The van der Waals surface area contributed by atoms with Crippen LogP contribution in [0.2, 0.25) is 0 Å². The molecule has 2 rings (SSSR count). The topological polar surface area (TPSA) is 38.1 Å². The molecule has 0 saturated heterocycles. The van der Waals surface area contributed by atoms with Gasteiger partial charge in [-0.3, -0.25) is 4.79 Å². The van der Waals surface area contributed by atoms with Crippen molar-refractivity contribution in [1.29, 1.82) is 0 Å². The Labute approximate surface area is 133 Å². The number of rotatable bonds is 6. The summed E-state index contributed by atoms with van der Waals surface area (Å²) in [6.45, 7) is 12.5. The quantitative estimate of drug-likeness (QED) is 0.819. The second-order valence-electron chi connectivity index (χ2n) is 6.82. The van der Waals surface area contributed by atoms with Gasteiger partial charge in [-0.15, -0.1) is 0 Å². The highest BCUT2D eigenvalue weighted by Crippen LogP contribution is 2.16. The Morgan fingerprint density at radius 2 is 1.73 bits per heavy atom. The molecule has 1 amide bonds. The number of para-hydroxylation sites is 2. The van der Waals surface area contributed by atoms with Crippen LogP contribution in [0.4, 0.5) is 0 Å². The lowest BCUT2D eigenvalue weighted by Crippen LogP contribution is -2.39. The summed E-state index contributed by atoms with van der Waals surface area (Å²) in [7, 11) is 0. The fourth-order valence-electron chi connectivity index (χ4n) is 2.79. The summed E-state index contributed by atoms with van der Waals surface area (Å²) in [4.78, 5) is 19.3. The van der Waals surface area contributed by atoms with Crippen molar-refractivity contribution in [3.8, 4) is 0 Å². The number of nitrogens with zero attached hydrogens (tertiary/aromatic N) is 3. The number of amides is 1. The summed E-state index contributed by atoms with van der Waals surface area (Å²) in [5, 5.41) is 0. The van der Waals surface area contributed by atoms with Gasteiger partial charge < -0.3 is 9.47 Å². The molecule has 1 heterocycles. The Morgan fingerprint density at radius 1 is 1.14 bits per heavy atom. The Balaban J connectivity index is 2.22. The summed E-state index contributed by atoms with van der Waals surface area (Å²) in [6, 6.07) is 7.98. The third kappa shape index (κ3) is 3.87. The second-order valence-corrected chi connectivity index (χ2v) is 6.82. The summed E-state index contributed by atoms with van der Waals surface area (Å²) in [6.07, 6.45) is 0. The van der Waals surface area contributed by atoms with E-state index in [-0.39, 0.29) is 5.91 Å². The van der Waals surface area contributed by atoms with Crippen molar-refractivity contribution in [3.63, 3.8) is 0 Å². The lowest BCUT2D eigenvalue weighted by Gasteiger charge is -2.27. The highest BCUT2D eigenvalue weighted by Gasteiger charge is 2.18. The number of carbonyl (C=O) groups is 1. The zero-order valence-corrected chi connectivity index (χ0v) is 14.3. The number of hydrogen-bond donors (Lipinski definition) is 0. The van der Waals surface area contributed by atoms with Crippen molar-refractivity contribution >= 4 is 16.9 Å². The normalized spacial score (nSPS) is 11.6. The van der Waals surface area contributed by atoms with Crippen LogP contribution in [0.3, 0.4) is 0 Å². The molecule has 22 heavy (non-hydrogen) atoms. The first kappa shape index (κ1) is 16.5. The van der Waals surface area contributed by atoms with Crippen LogP contribution in [0, 0.1) is 18.8 Å². The van der Waals surface area contributed by atoms with E-state index in [4.69, 9.17) is 0 Å². The molecule has 1 aromatic heterocycles. The van der Waals surface area contributed by atoms with Gasteiger partial charge in [0, 0.05) is 13.1 Å². The largest absolute Gasteiger partial charge is 0.341 e. The molecule has 0 aliphatic rings. The molecule has 4 heteroatoms. The Kier molecular flexibility index (Phi) is 5.22. The molecule has 0 saturated carbocycles. The van der Waals surface area contributed by atoms with E-state index < -0.39 is 0 Å². The van der Waals surface area contributed by atoms with Gasteiger partial charge in [0.15, 0.2) is 0 Å². The maximum Gasteiger partial charge on any atom is 0.242 e. The van der Waals surface area contributed by atoms with Crippen LogP contribution in [0.15, 0.2) is 24.3 Å². The molecule has 0 aliphatic heterocycles. The fourth-order valence-corrected chi connectivity index (χ4v) is 2.79. The van der Waals surface area contributed by atoms with Gasteiger partial charge in [-0.2, -0.15) is 0 Å². The lowest BCUT2D eigenvalue weighted by molar-refractivity contribution is -0.132. The van der Waals surface area contributed by atoms with Gasteiger partial charge >= 0.3 is 0 Å². The average Bonchev–Trinajstić information content (AvgIpc) is 2.73. The van der Waals surface area contributed by atoms with E-state index in [1.165, 1.54) is 0 Å². The van der Waals surface area contributed by atoms with Gasteiger partial charge in [-0.1, -0.05) is 39.8 Å². The van der Waals surface area contributed by atoms with Gasteiger partial charge in [0.2, 0.25) is 5.91 Å². The highest BCUT2D eigenvalue weighted by molar-refractivity contribution is 5.81. The number of aromatic nitrogens is 2. The van der Waals surface area contributed by atoms with E-state index >= 15 is 0 Å². The first-order valence-electron chi connectivity index (χ1n) is 8.08. The van der Waals surface area contributed by atoms with Gasteiger partial charge in [0.05, 0.1) is 11.0 Å². The first-order valence-corrected chi connectivity index (χ1v) is 8.08. The summed E-state index contributed by atoms with van der Waals surface area (Å²) >= 11 is 0. The van der Waals surface area contributed by atoms with E-state index in [1.54, 1.807) is 0 Å². The smallest absolute Gasteiger partial charge is 0.242 e. The number of imidazole rings is 1. The maximum atomic E-state index is 12.8. The number of aryl methyl sites for hydroxylation is 1. The Morgan fingerprint density at radius 3 is 2.32 bits per heavy atom. The molecule has 0 atom stereocenters. The van der Waals surface area contributed by atoms with Crippen LogP contribution in [0.25, 0.3) is 11.0 Å². The molecule has 0 unspecified atom stereocenters. The molecule has 0 radical (unpaired) electrons. The fraction of sp³-hybridized carbons (Fsp3) is 0.556. The van der Waals surface area contributed by atoms with Crippen molar-refractivity contribution in [2.75, 3.05) is 13.1 Å². The van der Waals surface area contributed by atoms with Crippen molar-refractivity contribution in [1.82, 2.24) is 14.5 Å². The molecule has 0 N–H and O–H groups in total. The van der Waals surface area contributed by atoms with Gasteiger partial charge in [-0.05, 0) is 30.9 Å². The van der Waals surface area contributed by atoms with Gasteiger partial charge in [0.25, 0.3) is 0 Å². The number of benzene rings is 1. The third-order valence-electron chi connectivity index (χ3n) is 3.66. The molecule has 4 nitrogen and oxygen atoms in total. The summed E-state index contributed by atoms with van der Waals surface area (Å²) in [5.74, 6) is 2.02. The van der Waals surface area contributed by atoms with Crippen molar-refractivity contribution in [2.24, 2.45) is 11.8 Å². The number of carbonyl (C=O) groups excluding carboxylic acids is 1. The number of fused-ring (bicyclic) bond motifs is 1. The second kappa shape index (κ2) is 6.95. The maximum absolute atomic E-state index is 12.8. The molecule has 120 valence electrons. The van der Waals surface area contributed by atoms with E-state index in [2.05, 4.69) is 32.7 Å². The Hall–Kier alpha value is -1.84. The SMILES string of the molecule is Cc1nc2ccccc2n1CC(=O)N(CC(C)C)CC(C)C. The minimum atomic E-state index is 0.175. The van der Waals surface area contributed by atoms with Crippen LogP contribution in [0.1, 0.15) is 33.5 Å². The van der Waals surface area contributed by atoms with E-state index in [0.29, 0.717) is 18.4 Å². The zero-order valence-electron chi connectivity index (χ0n) is 14.3. The molecular weight excluding hydrogens is 274 g/mol. The highest BCUT2D eigenvalue weighted by atomic mass is 16.2. The minimum absolute atomic E-state index is 0.175. The monoisotopic (exact) mass is 301 g/mol. The zero-order chi connectivity index (χ0) is 16.3. The van der Waals surface area contributed by atoms with E-state index in [1.807, 2.05) is 40.7 Å². The van der Waals surface area contributed by atoms with E-state index in [9.17, 15) is 4.79 Å². The van der Waals surface area contributed by atoms with Gasteiger partial charge in [-0.25, -0.2) is 4.98 Å². The average molecular weight is 301 g/mol. The van der Waals surface area contributed by atoms with Gasteiger partial charge in [0.1, 0.15) is 12.4 Å². The summed E-state index contributed by atoms with van der Waals surface area (Å²) in [5.41, 5.74) is 1.98. The van der Waals surface area contributed by atoms with Crippen molar-refractivity contribution in [3.05, 3.63) is 30.1 Å². The standard InChI is InChI=1S/C18H27N3O/c1-13(2)10-20(11-14(3)4)18(22)12-21-15(5)19-16-8-6-7-9-17(16)21/h6-9,13-14H,10-12H2,1-5H3. The molecule has 2 aromatic rings. The van der Waals surface area contributed by atoms with Crippen molar-refractivity contribution < 1.29 is 4.79 Å². The molecule has 0 aliphatic carbocycles. The van der Waals surface area contributed by atoms with Crippen LogP contribution >= 0.6 is 0 Å². The Bertz CT molecular complexity index is 633. The first-order chi connectivity index (χ1) is 10.4. The molecular formula is C18H27N3O. The molecule has 0 bridgehead atoms. The van der Waals surface area contributed by atoms with Crippen LogP contribution in [-0.4, -0.2) is 33.4 Å². The lowest BCUT2D eigenvalue weighted by atomic mass is 10.1. The third-order valence-corrected chi connectivity index (χ3v) is 3.66. The summed E-state index contributed by atoms with van der Waals surface area (Å²) < 4.78 is 2.02. The van der Waals surface area contributed by atoms with Crippen LogP contribution < -0.4 is 0 Å². The predicted molar refractivity (Wildman–Crippen MR) is 90.7 cm³/mol. The van der Waals surface area contributed by atoms with E-state index in [0.717, 1.165) is 29.9 Å². The van der Waals surface area contributed by atoms with Crippen molar-refractivity contribution in [2.45, 2.75) is 41.2 Å².